The third kappa shape index (κ3) is 4.26. The zero-order valence-electron chi connectivity index (χ0n) is 20.0. The third-order valence-corrected chi connectivity index (χ3v) is 8.39. The van der Waals surface area contributed by atoms with Crippen LogP contribution in [-0.4, -0.2) is 63.8 Å². The van der Waals surface area contributed by atoms with E-state index >= 15 is 0 Å². The first-order valence-corrected chi connectivity index (χ1v) is 13.1. The Morgan fingerprint density at radius 3 is 2.69 bits per heavy atom. The summed E-state index contributed by atoms with van der Waals surface area (Å²) in [6.45, 7) is 2.29. The van der Waals surface area contributed by atoms with E-state index < -0.39 is 11.9 Å². The summed E-state index contributed by atoms with van der Waals surface area (Å²) in [7, 11) is 0. The molecule has 3 atom stereocenters. The van der Waals surface area contributed by atoms with Crippen molar-refractivity contribution >= 4 is 29.3 Å². The Bertz CT molecular complexity index is 1210. The molecule has 188 valence electrons. The average Bonchev–Trinajstić information content (AvgIpc) is 3.16. The van der Waals surface area contributed by atoms with Crippen molar-refractivity contribution in [3.05, 3.63) is 58.4 Å². The molecular formula is C27H29ClN4O4. The molecule has 1 N–H and O–H groups in total. The molecule has 2 aromatic rings. The maximum absolute atomic E-state index is 13.0. The standard InChI is InChI=1S/C27H29ClN4O4/c28-21-12-29-10-9-19(21)17-13-31(14-17)22-3-1-2-4-24(22)36-18-5-6-20-16(11-18)15-32(27(20)35)23-7-8-25(33)30-26(23)34/h5-6,9-12,17,22-24H,1-4,7-8,13-15H2,(H,30,33,34)/t22-,23?,24+/m1/s1. The summed E-state index contributed by atoms with van der Waals surface area (Å²) in [5.74, 6) is 0.346. The Labute approximate surface area is 214 Å². The summed E-state index contributed by atoms with van der Waals surface area (Å²) in [5, 5.41) is 3.08. The normalized spacial score (nSPS) is 27.0. The maximum Gasteiger partial charge on any atom is 0.255 e. The largest absolute Gasteiger partial charge is 0.489 e. The molecule has 1 aromatic heterocycles. The van der Waals surface area contributed by atoms with Crippen molar-refractivity contribution in [3.8, 4) is 5.75 Å². The summed E-state index contributed by atoms with van der Waals surface area (Å²) in [4.78, 5) is 45.0. The van der Waals surface area contributed by atoms with E-state index in [9.17, 15) is 14.4 Å². The van der Waals surface area contributed by atoms with Crippen LogP contribution in [0.1, 0.15) is 65.9 Å². The number of hydrogen-bond donors (Lipinski definition) is 1. The number of fused-ring (bicyclic) bond motifs is 1. The molecule has 36 heavy (non-hydrogen) atoms. The fourth-order valence-electron chi connectivity index (χ4n) is 6.13. The minimum atomic E-state index is -0.608. The quantitative estimate of drug-likeness (QED) is 0.623. The fourth-order valence-corrected chi connectivity index (χ4v) is 6.40. The van der Waals surface area contributed by atoms with Crippen molar-refractivity contribution in [1.29, 1.82) is 0 Å². The second-order valence-corrected chi connectivity index (χ2v) is 10.7. The summed E-state index contributed by atoms with van der Waals surface area (Å²) < 4.78 is 6.53. The van der Waals surface area contributed by atoms with Crippen LogP contribution in [0.2, 0.25) is 5.02 Å². The van der Waals surface area contributed by atoms with Crippen molar-refractivity contribution < 1.29 is 19.1 Å². The van der Waals surface area contributed by atoms with Gasteiger partial charge in [-0.05, 0) is 61.1 Å². The van der Waals surface area contributed by atoms with Crippen LogP contribution in [0.25, 0.3) is 0 Å². The predicted molar refractivity (Wildman–Crippen MR) is 133 cm³/mol. The molecular weight excluding hydrogens is 480 g/mol. The average molecular weight is 509 g/mol. The van der Waals surface area contributed by atoms with E-state index in [4.69, 9.17) is 16.3 Å². The van der Waals surface area contributed by atoms with Gasteiger partial charge in [0.15, 0.2) is 0 Å². The Hall–Kier alpha value is -2.97. The van der Waals surface area contributed by atoms with Crippen molar-refractivity contribution in [2.24, 2.45) is 0 Å². The predicted octanol–water partition coefficient (Wildman–Crippen LogP) is 3.29. The Morgan fingerprint density at radius 2 is 1.89 bits per heavy atom. The molecule has 9 heteroatoms. The molecule has 4 heterocycles. The molecule has 1 aromatic carbocycles. The number of piperidine rings is 1. The lowest BCUT2D eigenvalue weighted by Gasteiger charge is -2.48. The number of aromatic nitrogens is 1. The number of nitrogens with one attached hydrogen (secondary N) is 1. The van der Waals surface area contributed by atoms with Gasteiger partial charge in [0.2, 0.25) is 11.8 Å². The highest BCUT2D eigenvalue weighted by molar-refractivity contribution is 6.31. The zero-order valence-corrected chi connectivity index (χ0v) is 20.7. The second kappa shape index (κ2) is 9.48. The molecule has 6 rings (SSSR count). The molecule has 3 fully saturated rings. The molecule has 0 radical (unpaired) electrons. The molecule has 0 bridgehead atoms. The topological polar surface area (TPSA) is 91.8 Å². The number of ether oxygens (including phenoxy) is 1. The number of rotatable bonds is 5. The number of halogens is 1. The summed E-state index contributed by atoms with van der Waals surface area (Å²) in [6, 6.07) is 7.38. The smallest absolute Gasteiger partial charge is 0.255 e. The lowest BCUT2D eigenvalue weighted by atomic mass is 9.84. The van der Waals surface area contributed by atoms with Crippen molar-refractivity contribution in [2.75, 3.05) is 13.1 Å². The number of benzene rings is 1. The van der Waals surface area contributed by atoms with Crippen LogP contribution in [0.3, 0.4) is 0 Å². The van der Waals surface area contributed by atoms with Gasteiger partial charge in [-0.25, -0.2) is 0 Å². The van der Waals surface area contributed by atoms with Crippen LogP contribution < -0.4 is 10.1 Å². The van der Waals surface area contributed by atoms with Crippen molar-refractivity contribution in [3.63, 3.8) is 0 Å². The van der Waals surface area contributed by atoms with Gasteiger partial charge in [0.25, 0.3) is 5.91 Å². The lowest BCUT2D eigenvalue weighted by molar-refractivity contribution is -0.136. The van der Waals surface area contributed by atoms with Gasteiger partial charge in [0.05, 0.1) is 5.02 Å². The van der Waals surface area contributed by atoms with Gasteiger partial charge in [0, 0.05) is 56.0 Å². The first-order valence-electron chi connectivity index (χ1n) is 12.8. The number of nitrogens with zero attached hydrogens (tertiary/aromatic N) is 3. The van der Waals surface area contributed by atoms with Crippen LogP contribution in [-0.2, 0) is 16.1 Å². The van der Waals surface area contributed by atoms with Gasteiger partial charge < -0.3 is 9.64 Å². The van der Waals surface area contributed by atoms with Crippen LogP contribution in [0.4, 0.5) is 0 Å². The van der Waals surface area contributed by atoms with Crippen molar-refractivity contribution in [1.82, 2.24) is 20.1 Å². The maximum atomic E-state index is 13.0. The number of carbonyl (C=O) groups excluding carboxylic acids is 3. The molecule has 1 saturated carbocycles. The number of likely N-dealkylation sites (tertiary alicyclic amines) is 1. The van der Waals surface area contributed by atoms with Crippen LogP contribution >= 0.6 is 11.6 Å². The summed E-state index contributed by atoms with van der Waals surface area (Å²) in [5.41, 5.74) is 2.64. The van der Waals surface area contributed by atoms with Gasteiger partial charge in [-0.15, -0.1) is 0 Å². The summed E-state index contributed by atoms with van der Waals surface area (Å²) >= 11 is 6.36. The SMILES string of the molecule is O=C1CCC(N2Cc3cc(O[C@H]4CCCC[C@H]4N4CC(c5ccncc5Cl)C4)ccc3C2=O)C(=O)N1. The van der Waals surface area contributed by atoms with Crippen molar-refractivity contribution in [2.45, 2.75) is 69.2 Å². The minimum Gasteiger partial charge on any atom is -0.489 e. The van der Waals surface area contributed by atoms with E-state index in [0.717, 1.165) is 48.7 Å². The van der Waals surface area contributed by atoms with Crippen LogP contribution in [0.15, 0.2) is 36.7 Å². The molecule has 2 saturated heterocycles. The molecule has 4 aliphatic rings. The van der Waals surface area contributed by atoms with E-state index in [-0.39, 0.29) is 24.3 Å². The van der Waals surface area contributed by atoms with Gasteiger partial charge in [-0.3, -0.25) is 29.6 Å². The molecule has 8 nitrogen and oxygen atoms in total. The first kappa shape index (κ1) is 23.4. The summed E-state index contributed by atoms with van der Waals surface area (Å²) in [6.07, 6.45) is 8.66. The minimum absolute atomic E-state index is 0.0917. The number of hydrogen-bond acceptors (Lipinski definition) is 6. The van der Waals surface area contributed by atoms with Gasteiger partial charge in [-0.1, -0.05) is 18.0 Å². The first-order chi connectivity index (χ1) is 17.5. The van der Waals surface area contributed by atoms with E-state index in [1.807, 2.05) is 24.3 Å². The molecule has 3 amide bonds. The zero-order chi connectivity index (χ0) is 24.8. The highest BCUT2D eigenvalue weighted by Crippen LogP contribution is 2.38. The van der Waals surface area contributed by atoms with Gasteiger partial charge in [0.1, 0.15) is 17.9 Å². The van der Waals surface area contributed by atoms with E-state index in [1.54, 1.807) is 17.3 Å². The third-order valence-electron chi connectivity index (χ3n) is 8.07. The molecule has 1 unspecified atom stereocenters. The van der Waals surface area contributed by atoms with Crippen LogP contribution in [0, 0.1) is 0 Å². The molecule has 1 aliphatic carbocycles. The highest BCUT2D eigenvalue weighted by Gasteiger charge is 2.41. The Morgan fingerprint density at radius 1 is 1.06 bits per heavy atom. The lowest BCUT2D eigenvalue weighted by Crippen LogP contribution is -2.57. The number of imide groups is 1. The van der Waals surface area contributed by atoms with E-state index in [2.05, 4.69) is 15.2 Å². The van der Waals surface area contributed by atoms with Gasteiger partial charge >= 0.3 is 0 Å². The number of pyridine rings is 1. The van der Waals surface area contributed by atoms with E-state index in [1.165, 1.54) is 12.0 Å². The van der Waals surface area contributed by atoms with E-state index in [0.29, 0.717) is 30.5 Å². The highest BCUT2D eigenvalue weighted by atomic mass is 35.5. The molecule has 0 spiro atoms. The number of carbonyl (C=O) groups is 3. The Balaban J connectivity index is 1.12. The fraction of sp³-hybridized carbons (Fsp3) is 0.481. The molecule has 3 aliphatic heterocycles. The van der Waals surface area contributed by atoms with Gasteiger partial charge in [-0.2, -0.15) is 0 Å². The monoisotopic (exact) mass is 508 g/mol. The van der Waals surface area contributed by atoms with Crippen LogP contribution in [0.5, 0.6) is 5.75 Å². The number of amides is 3. The second-order valence-electron chi connectivity index (χ2n) is 10.3. The Kier molecular flexibility index (Phi) is 6.17.